The van der Waals surface area contributed by atoms with Crippen molar-refractivity contribution in [3.8, 4) is 17.2 Å². The number of methoxy groups -OCH3 is 2. The van der Waals surface area contributed by atoms with Gasteiger partial charge in [-0.1, -0.05) is 36.4 Å². The Kier molecular flexibility index (Phi) is 5.44. The van der Waals surface area contributed by atoms with Crippen molar-refractivity contribution >= 4 is 0 Å². The predicted molar refractivity (Wildman–Crippen MR) is 85.5 cm³/mol. The maximum absolute atomic E-state index is 9.90. The molecule has 0 aliphatic rings. The molecule has 116 valence electrons. The molecule has 0 saturated carbocycles. The molecule has 1 N–H and O–H groups in total. The summed E-state index contributed by atoms with van der Waals surface area (Å²) in [5.74, 6) is 1.52. The summed E-state index contributed by atoms with van der Waals surface area (Å²) in [6.07, 6.45) is 0.657. The van der Waals surface area contributed by atoms with Crippen LogP contribution in [0, 0.1) is 0 Å². The maximum atomic E-state index is 9.90. The fourth-order valence-corrected chi connectivity index (χ4v) is 2.08. The number of hydrogen-bond acceptors (Lipinski definition) is 4. The van der Waals surface area contributed by atoms with Gasteiger partial charge in [-0.3, -0.25) is 0 Å². The third-order valence-electron chi connectivity index (χ3n) is 3.27. The number of hydrogen-bond donors (Lipinski definition) is 1. The minimum atomic E-state index is -0.786. The first kappa shape index (κ1) is 15.9. The summed E-state index contributed by atoms with van der Waals surface area (Å²) in [5, 5.41) is 9.90. The van der Waals surface area contributed by atoms with Gasteiger partial charge in [0.1, 0.15) is 6.61 Å². The van der Waals surface area contributed by atoms with Crippen LogP contribution < -0.4 is 14.2 Å². The lowest BCUT2D eigenvalue weighted by Gasteiger charge is -2.17. The van der Waals surface area contributed by atoms with Gasteiger partial charge < -0.3 is 19.3 Å². The summed E-state index contributed by atoms with van der Waals surface area (Å²) < 4.78 is 16.6. The molecule has 2 rings (SSSR count). The van der Waals surface area contributed by atoms with E-state index in [0.29, 0.717) is 29.4 Å². The van der Waals surface area contributed by atoms with E-state index >= 15 is 0 Å². The molecule has 1 atom stereocenters. The second-order valence-electron chi connectivity index (χ2n) is 4.71. The molecule has 0 aliphatic heterocycles. The van der Waals surface area contributed by atoms with E-state index in [1.165, 1.54) is 6.08 Å². The molecule has 0 spiro atoms. The minimum absolute atomic E-state index is 0.400. The zero-order valence-electron chi connectivity index (χ0n) is 12.8. The van der Waals surface area contributed by atoms with Gasteiger partial charge in [0.05, 0.1) is 20.3 Å². The van der Waals surface area contributed by atoms with Crippen LogP contribution in [-0.2, 0) is 6.61 Å². The summed E-state index contributed by atoms with van der Waals surface area (Å²) in [6, 6.07) is 13.3. The molecule has 0 radical (unpaired) electrons. The van der Waals surface area contributed by atoms with E-state index in [-0.39, 0.29) is 0 Å². The van der Waals surface area contributed by atoms with E-state index in [9.17, 15) is 5.11 Å². The molecule has 0 fully saturated rings. The molecule has 0 unspecified atom stereocenters. The highest BCUT2D eigenvalue weighted by Gasteiger charge is 2.16. The Morgan fingerprint density at radius 2 is 1.68 bits per heavy atom. The Bertz CT molecular complexity index is 597. The van der Waals surface area contributed by atoms with Crippen molar-refractivity contribution in [1.29, 1.82) is 0 Å². The quantitative estimate of drug-likeness (QED) is 0.795. The van der Waals surface area contributed by atoms with E-state index in [1.807, 2.05) is 30.3 Å². The van der Waals surface area contributed by atoms with Gasteiger partial charge in [0, 0.05) is 0 Å². The van der Waals surface area contributed by atoms with Gasteiger partial charge in [0.25, 0.3) is 0 Å². The van der Waals surface area contributed by atoms with Crippen LogP contribution >= 0.6 is 0 Å². The van der Waals surface area contributed by atoms with Crippen LogP contribution in [0.1, 0.15) is 17.2 Å². The highest BCUT2D eigenvalue weighted by molar-refractivity contribution is 5.54. The molecule has 4 heteroatoms. The first-order chi connectivity index (χ1) is 10.7. The third-order valence-corrected chi connectivity index (χ3v) is 3.27. The van der Waals surface area contributed by atoms with Crippen LogP contribution in [0.2, 0.25) is 0 Å². The van der Waals surface area contributed by atoms with Gasteiger partial charge in [-0.2, -0.15) is 0 Å². The van der Waals surface area contributed by atoms with E-state index in [2.05, 4.69) is 6.58 Å². The molecule has 0 aromatic heterocycles. The van der Waals surface area contributed by atoms with Crippen LogP contribution in [0.3, 0.4) is 0 Å². The zero-order chi connectivity index (χ0) is 15.9. The summed E-state index contributed by atoms with van der Waals surface area (Å²) in [6.45, 7) is 3.98. The lowest BCUT2D eigenvalue weighted by Crippen LogP contribution is -2.02. The van der Waals surface area contributed by atoms with E-state index in [1.54, 1.807) is 26.4 Å². The number of benzene rings is 2. The van der Waals surface area contributed by atoms with Crippen molar-refractivity contribution in [2.24, 2.45) is 0 Å². The Morgan fingerprint density at radius 1 is 1.09 bits per heavy atom. The van der Waals surface area contributed by atoms with Crippen LogP contribution in [0.5, 0.6) is 17.2 Å². The van der Waals surface area contributed by atoms with Crippen molar-refractivity contribution in [1.82, 2.24) is 0 Å². The van der Waals surface area contributed by atoms with Gasteiger partial charge in [0.2, 0.25) is 5.75 Å². The fourth-order valence-electron chi connectivity index (χ4n) is 2.08. The average Bonchev–Trinajstić information content (AvgIpc) is 2.59. The van der Waals surface area contributed by atoms with E-state index in [0.717, 1.165) is 5.56 Å². The van der Waals surface area contributed by atoms with E-state index < -0.39 is 6.10 Å². The van der Waals surface area contributed by atoms with Gasteiger partial charge in [-0.15, -0.1) is 6.58 Å². The second kappa shape index (κ2) is 7.52. The SMILES string of the molecule is C=C[C@@H](O)c1cc(OC)c(OCc2ccccc2)c(OC)c1. The van der Waals surface area contributed by atoms with Crippen LogP contribution in [-0.4, -0.2) is 19.3 Å². The minimum Gasteiger partial charge on any atom is -0.493 e. The Hall–Kier alpha value is -2.46. The number of aliphatic hydroxyl groups excluding tert-OH is 1. The van der Waals surface area contributed by atoms with Crippen LogP contribution in [0.25, 0.3) is 0 Å². The molecule has 0 bridgehead atoms. The lowest BCUT2D eigenvalue weighted by atomic mass is 10.1. The van der Waals surface area contributed by atoms with Crippen molar-refractivity contribution in [3.63, 3.8) is 0 Å². The van der Waals surface area contributed by atoms with Gasteiger partial charge in [-0.25, -0.2) is 0 Å². The highest BCUT2D eigenvalue weighted by Crippen LogP contribution is 2.40. The molecule has 2 aromatic carbocycles. The monoisotopic (exact) mass is 300 g/mol. The second-order valence-corrected chi connectivity index (χ2v) is 4.71. The molecular formula is C18H20O4. The topological polar surface area (TPSA) is 47.9 Å². The number of ether oxygens (including phenoxy) is 3. The Morgan fingerprint density at radius 3 is 2.18 bits per heavy atom. The molecule has 0 aliphatic carbocycles. The van der Waals surface area contributed by atoms with Gasteiger partial charge in [0.15, 0.2) is 11.5 Å². The number of aliphatic hydroxyl groups is 1. The predicted octanol–water partition coefficient (Wildman–Crippen LogP) is 3.50. The normalized spacial score (nSPS) is 11.6. The zero-order valence-corrected chi connectivity index (χ0v) is 12.8. The fraction of sp³-hybridized carbons (Fsp3) is 0.222. The first-order valence-corrected chi connectivity index (χ1v) is 6.92. The van der Waals surface area contributed by atoms with Crippen LogP contribution in [0.15, 0.2) is 55.1 Å². The molecule has 0 amide bonds. The summed E-state index contributed by atoms with van der Waals surface area (Å²) >= 11 is 0. The third kappa shape index (κ3) is 3.59. The average molecular weight is 300 g/mol. The maximum Gasteiger partial charge on any atom is 0.203 e. The van der Waals surface area contributed by atoms with Crippen molar-refractivity contribution in [3.05, 3.63) is 66.2 Å². The summed E-state index contributed by atoms with van der Waals surface area (Å²) in [4.78, 5) is 0. The standard InChI is InChI=1S/C18H20O4/c1-4-15(19)14-10-16(20-2)18(17(11-14)21-3)22-12-13-8-6-5-7-9-13/h4-11,15,19H,1,12H2,2-3H3/t15-/m1/s1. The van der Waals surface area contributed by atoms with Gasteiger partial charge >= 0.3 is 0 Å². The van der Waals surface area contributed by atoms with E-state index in [4.69, 9.17) is 14.2 Å². The molecule has 2 aromatic rings. The highest BCUT2D eigenvalue weighted by atomic mass is 16.5. The molecule has 4 nitrogen and oxygen atoms in total. The first-order valence-electron chi connectivity index (χ1n) is 6.92. The van der Waals surface area contributed by atoms with Crippen LogP contribution in [0.4, 0.5) is 0 Å². The molecule has 22 heavy (non-hydrogen) atoms. The molecular weight excluding hydrogens is 280 g/mol. The summed E-state index contributed by atoms with van der Waals surface area (Å²) in [5.41, 5.74) is 1.68. The Balaban J connectivity index is 2.30. The van der Waals surface area contributed by atoms with Gasteiger partial charge in [-0.05, 0) is 23.3 Å². The Labute approximate surface area is 130 Å². The molecule has 0 heterocycles. The van der Waals surface area contributed by atoms with Crippen molar-refractivity contribution < 1.29 is 19.3 Å². The number of rotatable bonds is 7. The van der Waals surface area contributed by atoms with Crippen molar-refractivity contribution in [2.75, 3.05) is 14.2 Å². The molecule has 0 saturated heterocycles. The lowest BCUT2D eigenvalue weighted by molar-refractivity contribution is 0.225. The smallest absolute Gasteiger partial charge is 0.203 e. The summed E-state index contributed by atoms with van der Waals surface area (Å²) in [7, 11) is 3.10. The van der Waals surface area contributed by atoms with Crippen molar-refractivity contribution in [2.45, 2.75) is 12.7 Å². The largest absolute Gasteiger partial charge is 0.493 e.